The number of allylic oxidation sites excluding steroid dienone is 1. The molecule has 1 saturated carbocycles. The third kappa shape index (κ3) is 5.73. The molecule has 0 bridgehead atoms. The Morgan fingerprint density at radius 2 is 1.92 bits per heavy atom. The zero-order valence-corrected chi connectivity index (χ0v) is 20.4. The topological polar surface area (TPSA) is 123 Å². The number of anilines is 2. The van der Waals surface area contributed by atoms with Crippen LogP contribution in [0.5, 0.6) is 0 Å². The molecule has 1 saturated heterocycles. The number of benzene rings is 1. The first-order chi connectivity index (χ1) is 17.1. The van der Waals surface area contributed by atoms with E-state index in [1.807, 2.05) is 6.07 Å². The van der Waals surface area contributed by atoms with Crippen LogP contribution < -0.4 is 16.0 Å². The Kier molecular flexibility index (Phi) is 6.51. The lowest BCUT2D eigenvalue weighted by atomic mass is 10.3. The highest BCUT2D eigenvalue weighted by atomic mass is 32.2. The minimum absolute atomic E-state index is 0.233. The van der Waals surface area contributed by atoms with Gasteiger partial charge in [0.25, 0.3) is 0 Å². The fourth-order valence-electron chi connectivity index (χ4n) is 4.15. The largest absolute Gasteiger partial charge is 0.449 e. The van der Waals surface area contributed by atoms with Gasteiger partial charge in [-0.15, -0.1) is 0 Å². The molecule has 1 aliphatic heterocycles. The van der Waals surface area contributed by atoms with Gasteiger partial charge in [-0.25, -0.2) is 15.0 Å². The highest BCUT2D eigenvalue weighted by Gasteiger charge is 2.35. The van der Waals surface area contributed by atoms with Crippen LogP contribution in [0.2, 0.25) is 0 Å². The summed E-state index contributed by atoms with van der Waals surface area (Å²) in [6.07, 6.45) is -0.513. The first kappa shape index (κ1) is 24.4. The van der Waals surface area contributed by atoms with E-state index in [0.29, 0.717) is 27.6 Å². The molecular weight excluding hydrogens is 491 g/mol. The zero-order valence-electron chi connectivity index (χ0n) is 19.6. The Morgan fingerprint density at radius 3 is 2.58 bits per heavy atom. The first-order valence-electron chi connectivity index (χ1n) is 11.6. The molecule has 0 amide bonds. The Bertz CT molecular complexity index is 1310. The number of halogens is 3. The number of hydrogen-bond acceptors (Lipinski definition) is 9. The van der Waals surface area contributed by atoms with Crippen molar-refractivity contribution in [2.45, 2.75) is 42.0 Å². The van der Waals surface area contributed by atoms with Crippen LogP contribution in [0.25, 0.3) is 11.0 Å². The van der Waals surface area contributed by atoms with Crippen molar-refractivity contribution >= 4 is 40.1 Å². The standard InChI is InChI=1S/C23H26F3N9S/c1-13(27)10-18(28)31-19-12-20(35-8-6-34(7-9-35)14-2-3-14)33-22(32-19)36-15-4-5-16-17(11-15)30-21(29-16)23(24,25)26/h4-5,10-12,14,27H,2-3,6-9,28H2,1H3,(H,29,30)(H,31,32,33)/b18-10+,27-13?. The zero-order chi connectivity index (χ0) is 25.4. The van der Waals surface area contributed by atoms with E-state index in [-0.39, 0.29) is 16.9 Å². The van der Waals surface area contributed by atoms with E-state index in [1.54, 1.807) is 19.1 Å². The molecule has 2 aliphatic rings. The number of piperazine rings is 1. The monoisotopic (exact) mass is 517 g/mol. The third-order valence-corrected chi connectivity index (χ3v) is 6.82. The number of nitrogens with zero attached hydrogens (tertiary/aromatic N) is 5. The van der Waals surface area contributed by atoms with Gasteiger partial charge in [0.15, 0.2) is 5.16 Å². The van der Waals surface area contributed by atoms with E-state index in [1.165, 1.54) is 36.7 Å². The summed E-state index contributed by atoms with van der Waals surface area (Å²) in [6.45, 7) is 5.22. The molecule has 1 aromatic carbocycles. The summed E-state index contributed by atoms with van der Waals surface area (Å²) >= 11 is 1.24. The predicted octanol–water partition coefficient (Wildman–Crippen LogP) is 4.06. The summed E-state index contributed by atoms with van der Waals surface area (Å²) in [7, 11) is 0. The number of alkyl halides is 3. The molecule has 3 heterocycles. The minimum Gasteiger partial charge on any atom is -0.385 e. The Morgan fingerprint density at radius 1 is 1.17 bits per heavy atom. The van der Waals surface area contributed by atoms with Crippen LogP contribution in [0.1, 0.15) is 25.6 Å². The van der Waals surface area contributed by atoms with Crippen LogP contribution in [-0.4, -0.2) is 62.8 Å². The quantitative estimate of drug-likeness (QED) is 0.273. The highest BCUT2D eigenvalue weighted by Crippen LogP contribution is 2.33. The number of nitrogens with two attached hydrogens (primary N) is 1. The van der Waals surface area contributed by atoms with Crippen LogP contribution in [0.4, 0.5) is 24.8 Å². The number of nitrogens with one attached hydrogen (secondary N) is 3. The van der Waals surface area contributed by atoms with Crippen LogP contribution in [0.3, 0.4) is 0 Å². The molecule has 0 spiro atoms. The fourth-order valence-corrected chi connectivity index (χ4v) is 4.96. The molecule has 5 rings (SSSR count). The van der Waals surface area contributed by atoms with Gasteiger partial charge in [0.05, 0.1) is 11.0 Å². The second kappa shape index (κ2) is 9.62. The summed E-state index contributed by atoms with van der Waals surface area (Å²) in [5.41, 5.74) is 6.83. The van der Waals surface area contributed by atoms with Crippen LogP contribution >= 0.6 is 11.8 Å². The van der Waals surface area contributed by atoms with Crippen molar-refractivity contribution in [3.05, 3.63) is 42.0 Å². The summed E-state index contributed by atoms with van der Waals surface area (Å²) in [5, 5.41) is 11.1. The lowest BCUT2D eigenvalue weighted by Crippen LogP contribution is -2.47. The molecule has 36 heavy (non-hydrogen) atoms. The van der Waals surface area contributed by atoms with Crippen molar-refractivity contribution in [1.82, 2.24) is 24.8 Å². The van der Waals surface area contributed by atoms with Crippen molar-refractivity contribution < 1.29 is 13.2 Å². The number of aromatic amines is 1. The molecule has 5 N–H and O–H groups in total. The maximum Gasteiger partial charge on any atom is 0.449 e. The molecular formula is C23H26F3N9S. The average Bonchev–Trinajstić information content (AvgIpc) is 3.56. The number of fused-ring (bicyclic) bond motifs is 1. The molecule has 2 fully saturated rings. The summed E-state index contributed by atoms with van der Waals surface area (Å²) in [5.74, 6) is 0.467. The molecule has 0 atom stereocenters. The molecule has 1 aliphatic carbocycles. The lowest BCUT2D eigenvalue weighted by molar-refractivity contribution is -0.144. The Balaban J connectivity index is 1.41. The molecule has 0 radical (unpaired) electrons. The Hall–Kier alpha value is -3.32. The smallest absolute Gasteiger partial charge is 0.385 e. The first-order valence-corrected chi connectivity index (χ1v) is 12.4. The van der Waals surface area contributed by atoms with Gasteiger partial charge >= 0.3 is 6.18 Å². The number of imidazole rings is 1. The highest BCUT2D eigenvalue weighted by molar-refractivity contribution is 7.99. The fraction of sp³-hybridized carbons (Fsp3) is 0.391. The van der Waals surface area contributed by atoms with Crippen molar-refractivity contribution in [2.24, 2.45) is 5.73 Å². The van der Waals surface area contributed by atoms with E-state index in [9.17, 15) is 13.2 Å². The van der Waals surface area contributed by atoms with Crippen molar-refractivity contribution in [2.75, 3.05) is 36.4 Å². The molecule has 2 aromatic heterocycles. The minimum atomic E-state index is -4.55. The predicted molar refractivity (Wildman–Crippen MR) is 133 cm³/mol. The maximum absolute atomic E-state index is 13.0. The average molecular weight is 518 g/mol. The van der Waals surface area contributed by atoms with Gasteiger partial charge in [-0.1, -0.05) is 0 Å². The third-order valence-electron chi connectivity index (χ3n) is 5.97. The van der Waals surface area contributed by atoms with Crippen LogP contribution in [-0.2, 0) is 6.18 Å². The van der Waals surface area contributed by atoms with E-state index in [2.05, 4.69) is 30.1 Å². The number of hydrogen-bond donors (Lipinski definition) is 4. The van der Waals surface area contributed by atoms with Gasteiger partial charge in [0.2, 0.25) is 5.82 Å². The van der Waals surface area contributed by atoms with Gasteiger partial charge in [-0.3, -0.25) is 4.90 Å². The summed E-state index contributed by atoms with van der Waals surface area (Å²) in [4.78, 5) is 20.6. The van der Waals surface area contributed by atoms with Gasteiger partial charge in [0, 0.05) is 48.9 Å². The van der Waals surface area contributed by atoms with E-state index in [4.69, 9.17) is 16.1 Å². The second-order valence-electron chi connectivity index (χ2n) is 8.92. The van der Waals surface area contributed by atoms with Crippen LogP contribution in [0.15, 0.2) is 46.2 Å². The lowest BCUT2D eigenvalue weighted by Gasteiger charge is -2.35. The number of rotatable bonds is 7. The van der Waals surface area contributed by atoms with E-state index < -0.39 is 12.0 Å². The molecule has 3 aromatic rings. The summed E-state index contributed by atoms with van der Waals surface area (Å²) in [6, 6.07) is 7.37. The maximum atomic E-state index is 13.0. The normalized spacial score (nSPS) is 17.6. The van der Waals surface area contributed by atoms with Crippen molar-refractivity contribution in [1.29, 1.82) is 5.41 Å². The number of aromatic nitrogens is 4. The van der Waals surface area contributed by atoms with Crippen LogP contribution in [0, 0.1) is 5.41 Å². The van der Waals surface area contributed by atoms with Gasteiger partial charge < -0.3 is 26.3 Å². The van der Waals surface area contributed by atoms with Gasteiger partial charge in [-0.2, -0.15) is 13.2 Å². The molecule has 190 valence electrons. The number of H-pyrrole nitrogens is 1. The van der Waals surface area contributed by atoms with E-state index in [0.717, 1.165) is 32.0 Å². The Labute approximate surface area is 209 Å². The molecule has 13 heteroatoms. The molecule has 9 nitrogen and oxygen atoms in total. The summed E-state index contributed by atoms with van der Waals surface area (Å²) < 4.78 is 39.1. The van der Waals surface area contributed by atoms with Crippen molar-refractivity contribution in [3.8, 4) is 0 Å². The second-order valence-corrected chi connectivity index (χ2v) is 9.96. The van der Waals surface area contributed by atoms with Gasteiger partial charge in [-0.05, 0) is 55.8 Å². The van der Waals surface area contributed by atoms with Crippen molar-refractivity contribution in [3.63, 3.8) is 0 Å². The SMILES string of the molecule is CC(=N)/C=C(\N)Nc1cc(N2CCN(C3CC3)CC2)nc(Sc2ccc3nc(C(F)(F)F)[nH]c3c2)n1. The van der Waals surface area contributed by atoms with E-state index >= 15 is 0 Å². The molecule has 0 unspecified atom stereocenters. The van der Waals surface area contributed by atoms with Gasteiger partial charge in [0.1, 0.15) is 17.5 Å².